The molecule has 3 aromatic rings. The predicted octanol–water partition coefficient (Wildman–Crippen LogP) is 5.55. The molecule has 0 bridgehead atoms. The minimum atomic E-state index is -0.749. The van der Waals surface area contributed by atoms with Crippen molar-refractivity contribution < 1.29 is 14.3 Å². The van der Waals surface area contributed by atoms with E-state index >= 15 is 0 Å². The molecule has 0 spiro atoms. The summed E-state index contributed by atoms with van der Waals surface area (Å²) in [5.74, 6) is 0.473. The van der Waals surface area contributed by atoms with Crippen LogP contribution in [0.5, 0.6) is 5.75 Å². The summed E-state index contributed by atoms with van der Waals surface area (Å²) in [6, 6.07) is 22.3. The fourth-order valence-corrected chi connectivity index (χ4v) is 4.26. The standard InChI is InChI=1S/C29H30N2O3/c1-5-34-26-15-13-24(14-16-26)31-27(32)19-30(25-12-11-20(2)21(3)18-25)29(33)28(31)22(4)17-23-9-7-6-8-10-23/h6-18,28H,5,19H2,1-4H3/b22-17-/t28-/m0/s1. The minimum Gasteiger partial charge on any atom is -0.494 e. The topological polar surface area (TPSA) is 49.9 Å². The molecule has 5 nitrogen and oxygen atoms in total. The molecule has 3 aromatic carbocycles. The van der Waals surface area contributed by atoms with Gasteiger partial charge in [-0.05, 0) is 86.4 Å². The van der Waals surface area contributed by atoms with Crippen LogP contribution in [0.3, 0.4) is 0 Å². The summed E-state index contributed by atoms with van der Waals surface area (Å²) < 4.78 is 5.56. The number of aryl methyl sites for hydroxylation is 2. The summed E-state index contributed by atoms with van der Waals surface area (Å²) in [6.45, 7) is 8.44. The number of rotatable bonds is 6. The van der Waals surface area contributed by atoms with Crippen molar-refractivity contribution in [1.29, 1.82) is 0 Å². The van der Waals surface area contributed by atoms with E-state index in [2.05, 4.69) is 0 Å². The van der Waals surface area contributed by atoms with Crippen LogP contribution in [0.2, 0.25) is 0 Å². The van der Waals surface area contributed by atoms with Crippen molar-refractivity contribution >= 4 is 29.3 Å². The highest BCUT2D eigenvalue weighted by Crippen LogP contribution is 2.31. The lowest BCUT2D eigenvalue weighted by atomic mass is 9.98. The van der Waals surface area contributed by atoms with E-state index in [1.807, 2.05) is 107 Å². The van der Waals surface area contributed by atoms with Gasteiger partial charge in [-0.2, -0.15) is 0 Å². The number of nitrogens with zero attached hydrogens (tertiary/aromatic N) is 2. The number of hydrogen-bond donors (Lipinski definition) is 0. The lowest BCUT2D eigenvalue weighted by molar-refractivity contribution is -0.127. The molecular formula is C29H30N2O3. The molecule has 0 radical (unpaired) electrons. The molecule has 0 saturated carbocycles. The van der Waals surface area contributed by atoms with Crippen molar-refractivity contribution in [1.82, 2.24) is 0 Å². The molecule has 0 aliphatic carbocycles. The van der Waals surface area contributed by atoms with Crippen LogP contribution in [0.15, 0.2) is 78.4 Å². The van der Waals surface area contributed by atoms with E-state index < -0.39 is 6.04 Å². The van der Waals surface area contributed by atoms with Crippen LogP contribution in [0.4, 0.5) is 11.4 Å². The van der Waals surface area contributed by atoms with Crippen LogP contribution in [0, 0.1) is 13.8 Å². The normalized spacial score (nSPS) is 16.7. The first-order valence-corrected chi connectivity index (χ1v) is 11.6. The molecular weight excluding hydrogens is 424 g/mol. The average molecular weight is 455 g/mol. The maximum absolute atomic E-state index is 13.9. The number of carbonyl (C=O) groups is 2. The smallest absolute Gasteiger partial charge is 0.254 e. The van der Waals surface area contributed by atoms with Gasteiger partial charge in [-0.3, -0.25) is 14.5 Å². The Morgan fingerprint density at radius 3 is 2.26 bits per heavy atom. The van der Waals surface area contributed by atoms with Crippen molar-refractivity contribution in [2.75, 3.05) is 23.0 Å². The number of carbonyl (C=O) groups excluding carboxylic acids is 2. The number of amides is 2. The van der Waals surface area contributed by atoms with Crippen molar-refractivity contribution in [3.63, 3.8) is 0 Å². The van der Waals surface area contributed by atoms with E-state index in [4.69, 9.17) is 4.74 Å². The van der Waals surface area contributed by atoms with Gasteiger partial charge in [-0.15, -0.1) is 0 Å². The van der Waals surface area contributed by atoms with E-state index in [0.717, 1.165) is 33.7 Å². The fourth-order valence-electron chi connectivity index (χ4n) is 4.26. The van der Waals surface area contributed by atoms with Gasteiger partial charge in [0.05, 0.1) is 6.61 Å². The summed E-state index contributed by atoms with van der Waals surface area (Å²) in [5.41, 5.74) is 5.42. The molecule has 1 saturated heterocycles. The second kappa shape index (κ2) is 9.96. The molecule has 5 heteroatoms. The van der Waals surface area contributed by atoms with Gasteiger partial charge in [0.1, 0.15) is 18.3 Å². The van der Waals surface area contributed by atoms with Crippen LogP contribution >= 0.6 is 0 Å². The van der Waals surface area contributed by atoms with Gasteiger partial charge in [0, 0.05) is 11.4 Å². The molecule has 1 atom stereocenters. The van der Waals surface area contributed by atoms with Crippen molar-refractivity contribution in [2.45, 2.75) is 33.7 Å². The summed E-state index contributed by atoms with van der Waals surface area (Å²) in [6.07, 6.45) is 1.97. The Morgan fingerprint density at radius 1 is 0.941 bits per heavy atom. The fraction of sp³-hybridized carbons (Fsp3) is 0.241. The first-order chi connectivity index (χ1) is 16.4. The molecule has 0 N–H and O–H groups in total. The van der Waals surface area contributed by atoms with E-state index in [-0.39, 0.29) is 18.4 Å². The Kier molecular flexibility index (Phi) is 6.82. The molecule has 1 fully saturated rings. The third-order valence-corrected chi connectivity index (χ3v) is 6.17. The van der Waals surface area contributed by atoms with E-state index in [0.29, 0.717) is 12.3 Å². The molecule has 0 aromatic heterocycles. The Labute approximate surface area is 201 Å². The van der Waals surface area contributed by atoms with Gasteiger partial charge in [0.25, 0.3) is 5.91 Å². The van der Waals surface area contributed by atoms with Crippen molar-refractivity contribution in [2.24, 2.45) is 0 Å². The Hall–Kier alpha value is -3.86. The van der Waals surface area contributed by atoms with Gasteiger partial charge in [0.15, 0.2) is 0 Å². The average Bonchev–Trinajstić information content (AvgIpc) is 2.83. The Balaban J connectivity index is 1.77. The summed E-state index contributed by atoms with van der Waals surface area (Å²) in [5, 5.41) is 0. The lowest BCUT2D eigenvalue weighted by Gasteiger charge is -2.41. The number of benzene rings is 3. The van der Waals surface area contributed by atoms with E-state index in [1.54, 1.807) is 9.80 Å². The minimum absolute atomic E-state index is 0.0103. The predicted molar refractivity (Wildman–Crippen MR) is 137 cm³/mol. The number of ether oxygens (including phenoxy) is 1. The third kappa shape index (κ3) is 4.74. The molecule has 4 rings (SSSR count). The van der Waals surface area contributed by atoms with Gasteiger partial charge < -0.3 is 9.64 Å². The maximum atomic E-state index is 13.9. The largest absolute Gasteiger partial charge is 0.494 e. The molecule has 174 valence electrons. The lowest BCUT2D eigenvalue weighted by Crippen LogP contribution is -2.61. The van der Waals surface area contributed by atoms with Gasteiger partial charge >= 0.3 is 0 Å². The second-order valence-corrected chi connectivity index (χ2v) is 8.59. The molecule has 34 heavy (non-hydrogen) atoms. The van der Waals surface area contributed by atoms with Crippen LogP contribution in [-0.2, 0) is 9.59 Å². The third-order valence-electron chi connectivity index (χ3n) is 6.17. The molecule has 1 aliphatic rings. The monoisotopic (exact) mass is 454 g/mol. The highest BCUT2D eigenvalue weighted by atomic mass is 16.5. The summed E-state index contributed by atoms with van der Waals surface area (Å²) >= 11 is 0. The second-order valence-electron chi connectivity index (χ2n) is 8.59. The SMILES string of the molecule is CCOc1ccc(N2C(=O)CN(c3ccc(C)c(C)c3)C(=O)[C@@H]2/C(C)=C\c2ccccc2)cc1. The summed E-state index contributed by atoms with van der Waals surface area (Å²) in [4.78, 5) is 30.7. The highest BCUT2D eigenvalue weighted by Gasteiger charge is 2.41. The van der Waals surface area contributed by atoms with E-state index in [9.17, 15) is 9.59 Å². The maximum Gasteiger partial charge on any atom is 0.254 e. The molecule has 2 amide bonds. The molecule has 1 aliphatic heterocycles. The zero-order valence-electron chi connectivity index (χ0n) is 20.1. The highest BCUT2D eigenvalue weighted by molar-refractivity contribution is 6.16. The van der Waals surface area contributed by atoms with Crippen molar-refractivity contribution in [3.05, 3.63) is 95.1 Å². The summed E-state index contributed by atoms with van der Waals surface area (Å²) in [7, 11) is 0. The van der Waals surface area contributed by atoms with Crippen LogP contribution in [0.1, 0.15) is 30.5 Å². The van der Waals surface area contributed by atoms with Crippen LogP contribution in [0.25, 0.3) is 6.08 Å². The number of hydrogen-bond acceptors (Lipinski definition) is 3. The zero-order valence-corrected chi connectivity index (χ0v) is 20.1. The van der Waals surface area contributed by atoms with Crippen LogP contribution < -0.4 is 14.5 Å². The quantitative estimate of drug-likeness (QED) is 0.490. The molecule has 0 unspecified atom stereocenters. The zero-order chi connectivity index (χ0) is 24.2. The van der Waals surface area contributed by atoms with E-state index in [1.165, 1.54) is 0 Å². The first-order valence-electron chi connectivity index (χ1n) is 11.6. The number of piperazine rings is 1. The van der Waals surface area contributed by atoms with Gasteiger partial charge in [-0.1, -0.05) is 42.5 Å². The Morgan fingerprint density at radius 2 is 1.62 bits per heavy atom. The molecule has 1 heterocycles. The first kappa shape index (κ1) is 23.3. The Bertz CT molecular complexity index is 1220. The van der Waals surface area contributed by atoms with Gasteiger partial charge in [0.2, 0.25) is 5.91 Å². The van der Waals surface area contributed by atoms with Crippen LogP contribution in [-0.4, -0.2) is 31.0 Å². The van der Waals surface area contributed by atoms with Gasteiger partial charge in [-0.25, -0.2) is 0 Å². The van der Waals surface area contributed by atoms with Crippen molar-refractivity contribution in [3.8, 4) is 5.75 Å². The number of anilines is 2.